The zero-order chi connectivity index (χ0) is 38.6. The molecule has 6 atom stereocenters. The molecule has 1 heterocycles. The van der Waals surface area contributed by atoms with Crippen molar-refractivity contribution in [2.45, 2.75) is 250 Å². The van der Waals surface area contributed by atoms with Crippen LogP contribution >= 0.6 is 0 Å². The summed E-state index contributed by atoms with van der Waals surface area (Å²) in [4.78, 5) is 12.7. The molecule has 0 aromatic heterocycles. The van der Waals surface area contributed by atoms with Crippen molar-refractivity contribution < 1.29 is 44.2 Å². The van der Waals surface area contributed by atoms with Gasteiger partial charge in [0, 0.05) is 13.0 Å². The molecule has 0 saturated carbocycles. The van der Waals surface area contributed by atoms with Gasteiger partial charge in [0.15, 0.2) is 6.29 Å². The monoisotopic (exact) mass is 759 g/mol. The molecule has 1 aliphatic rings. The van der Waals surface area contributed by atoms with E-state index in [2.05, 4.69) is 13.8 Å². The molecule has 1 rings (SSSR count). The molecule has 9 heteroatoms. The van der Waals surface area contributed by atoms with Gasteiger partial charge in [0.25, 0.3) is 0 Å². The lowest BCUT2D eigenvalue weighted by Gasteiger charge is -2.39. The van der Waals surface area contributed by atoms with E-state index in [1.165, 1.54) is 161 Å². The first-order valence-corrected chi connectivity index (χ1v) is 22.6. The number of rotatable bonds is 39. The number of hydrogen-bond donors (Lipinski definition) is 4. The van der Waals surface area contributed by atoms with Crippen molar-refractivity contribution in [1.29, 1.82) is 0 Å². The van der Waals surface area contributed by atoms with Crippen LogP contribution in [0.2, 0.25) is 0 Å². The number of carbonyl (C=O) groups excluding carboxylic acids is 1. The van der Waals surface area contributed by atoms with Crippen LogP contribution in [-0.2, 0) is 23.7 Å². The van der Waals surface area contributed by atoms with Gasteiger partial charge >= 0.3 is 5.97 Å². The van der Waals surface area contributed by atoms with Crippen LogP contribution in [0.15, 0.2) is 0 Å². The Bertz CT molecular complexity index is 782. The Balaban J connectivity index is 2.17. The minimum atomic E-state index is -1.53. The Morgan fingerprint density at radius 3 is 1.34 bits per heavy atom. The molecule has 1 saturated heterocycles. The van der Waals surface area contributed by atoms with E-state index in [1.807, 2.05) is 0 Å². The topological polar surface area (TPSA) is 135 Å². The maximum Gasteiger partial charge on any atom is 0.306 e. The third-order valence-electron chi connectivity index (χ3n) is 10.8. The van der Waals surface area contributed by atoms with Crippen molar-refractivity contribution in [1.82, 2.24) is 0 Å². The molecule has 316 valence electrons. The summed E-state index contributed by atoms with van der Waals surface area (Å²) in [6.07, 6.45) is 31.4. The number of hydrogen-bond acceptors (Lipinski definition) is 9. The van der Waals surface area contributed by atoms with Crippen LogP contribution in [0, 0.1) is 0 Å². The first kappa shape index (κ1) is 50.2. The predicted octanol–water partition coefficient (Wildman–Crippen LogP) is 9.86. The van der Waals surface area contributed by atoms with Crippen LogP contribution in [0.4, 0.5) is 0 Å². The van der Waals surface area contributed by atoms with E-state index in [-0.39, 0.29) is 19.2 Å². The molecule has 0 aromatic carbocycles. The lowest BCUT2D eigenvalue weighted by molar-refractivity contribution is -0.305. The van der Waals surface area contributed by atoms with Gasteiger partial charge in [-0.1, -0.05) is 194 Å². The molecule has 0 bridgehead atoms. The molecule has 1 aliphatic heterocycles. The predicted molar refractivity (Wildman–Crippen MR) is 215 cm³/mol. The molecule has 0 aliphatic carbocycles. The summed E-state index contributed by atoms with van der Waals surface area (Å²) in [6.45, 7) is 4.58. The highest BCUT2D eigenvalue weighted by Crippen LogP contribution is 2.23. The third-order valence-corrected chi connectivity index (χ3v) is 10.8. The van der Waals surface area contributed by atoms with Crippen molar-refractivity contribution in [3.05, 3.63) is 0 Å². The summed E-state index contributed by atoms with van der Waals surface area (Å²) < 4.78 is 22.7. The van der Waals surface area contributed by atoms with Crippen molar-refractivity contribution >= 4 is 5.97 Å². The smallest absolute Gasteiger partial charge is 0.306 e. The van der Waals surface area contributed by atoms with E-state index >= 15 is 0 Å². The molecule has 53 heavy (non-hydrogen) atoms. The minimum Gasteiger partial charge on any atom is -0.457 e. The van der Waals surface area contributed by atoms with Gasteiger partial charge in [0.1, 0.15) is 30.5 Å². The number of carbonyl (C=O) groups is 1. The van der Waals surface area contributed by atoms with Gasteiger partial charge < -0.3 is 39.4 Å². The number of ether oxygens (including phenoxy) is 4. The minimum absolute atomic E-state index is 0.106. The van der Waals surface area contributed by atoms with Gasteiger partial charge in [-0.25, -0.2) is 0 Å². The van der Waals surface area contributed by atoms with Crippen LogP contribution in [0.5, 0.6) is 0 Å². The summed E-state index contributed by atoms with van der Waals surface area (Å²) in [5.74, 6) is -0.308. The van der Waals surface area contributed by atoms with Crippen LogP contribution in [0.25, 0.3) is 0 Å². The summed E-state index contributed by atoms with van der Waals surface area (Å²) >= 11 is 0. The molecule has 0 radical (unpaired) electrons. The van der Waals surface area contributed by atoms with Gasteiger partial charge in [-0.15, -0.1) is 0 Å². The molecule has 1 fully saturated rings. The molecule has 4 N–H and O–H groups in total. The fourth-order valence-corrected chi connectivity index (χ4v) is 7.20. The first-order valence-electron chi connectivity index (χ1n) is 22.6. The maximum atomic E-state index is 12.7. The fraction of sp³-hybridized carbons (Fsp3) is 0.977. The summed E-state index contributed by atoms with van der Waals surface area (Å²) in [5, 5.41) is 40.0. The number of aliphatic hydroxyl groups is 4. The van der Waals surface area contributed by atoms with E-state index in [0.717, 1.165) is 32.1 Å². The molecule has 9 nitrogen and oxygen atoms in total. The molecular weight excluding hydrogens is 672 g/mol. The lowest BCUT2D eigenvalue weighted by Crippen LogP contribution is -2.59. The Labute approximate surface area is 325 Å². The standard InChI is InChI=1S/C44H86O9/c1-3-5-7-9-11-13-14-15-16-17-18-19-20-21-22-23-24-25-27-29-31-33-40(46)52-38(36-50-34-32-30-28-26-12-10-8-6-4-2)37-51-44-43(49)42(48)41(47)39(35-45)53-44/h38-39,41-45,47-49H,3-37H2,1-2H3. The van der Waals surface area contributed by atoms with Gasteiger partial charge in [-0.3, -0.25) is 4.79 Å². The highest BCUT2D eigenvalue weighted by atomic mass is 16.7. The average molecular weight is 759 g/mol. The summed E-state index contributed by atoms with van der Waals surface area (Å²) in [7, 11) is 0. The molecule has 0 spiro atoms. The SMILES string of the molecule is CCCCCCCCCCCCCCCCCCCCCCCC(=O)OC(COCCCCCCCCCCC)COC1OC(CO)C(O)C(O)C1O. The quantitative estimate of drug-likeness (QED) is 0.0357. The van der Waals surface area contributed by atoms with E-state index in [1.54, 1.807) is 0 Å². The molecule has 0 amide bonds. The number of esters is 1. The normalized spacial score (nSPS) is 20.9. The van der Waals surface area contributed by atoms with E-state index < -0.39 is 43.4 Å². The Morgan fingerprint density at radius 2 is 0.925 bits per heavy atom. The van der Waals surface area contributed by atoms with Crippen molar-refractivity contribution in [3.8, 4) is 0 Å². The Morgan fingerprint density at radius 1 is 0.528 bits per heavy atom. The second kappa shape index (κ2) is 36.8. The Hall–Kier alpha value is -0.810. The lowest BCUT2D eigenvalue weighted by atomic mass is 9.99. The van der Waals surface area contributed by atoms with Crippen LogP contribution < -0.4 is 0 Å². The molecular formula is C44H86O9. The second-order valence-corrected chi connectivity index (χ2v) is 15.9. The van der Waals surface area contributed by atoms with Crippen LogP contribution in [0.3, 0.4) is 0 Å². The van der Waals surface area contributed by atoms with Gasteiger partial charge in [0.2, 0.25) is 0 Å². The fourth-order valence-electron chi connectivity index (χ4n) is 7.20. The molecule has 0 aromatic rings. The average Bonchev–Trinajstić information content (AvgIpc) is 3.16. The van der Waals surface area contributed by atoms with Crippen molar-refractivity contribution in [3.63, 3.8) is 0 Å². The number of aliphatic hydroxyl groups excluding tert-OH is 4. The highest BCUT2D eigenvalue weighted by Gasteiger charge is 2.44. The maximum absolute atomic E-state index is 12.7. The molecule has 6 unspecified atom stereocenters. The largest absolute Gasteiger partial charge is 0.457 e. The van der Waals surface area contributed by atoms with Gasteiger partial charge in [-0.2, -0.15) is 0 Å². The third kappa shape index (κ3) is 28.3. The van der Waals surface area contributed by atoms with Crippen molar-refractivity contribution in [2.75, 3.05) is 26.4 Å². The second-order valence-electron chi connectivity index (χ2n) is 15.9. The van der Waals surface area contributed by atoms with E-state index in [4.69, 9.17) is 18.9 Å². The first-order chi connectivity index (χ1) is 25.9. The van der Waals surface area contributed by atoms with E-state index in [9.17, 15) is 25.2 Å². The van der Waals surface area contributed by atoms with Gasteiger partial charge in [0.05, 0.1) is 19.8 Å². The summed E-state index contributed by atoms with van der Waals surface area (Å²) in [6, 6.07) is 0. The van der Waals surface area contributed by atoms with Crippen molar-refractivity contribution in [2.24, 2.45) is 0 Å². The Kier molecular flexibility index (Phi) is 34.9. The highest BCUT2D eigenvalue weighted by molar-refractivity contribution is 5.69. The summed E-state index contributed by atoms with van der Waals surface area (Å²) in [5.41, 5.74) is 0. The van der Waals surface area contributed by atoms with Gasteiger partial charge in [-0.05, 0) is 12.8 Å². The van der Waals surface area contributed by atoms with E-state index in [0.29, 0.717) is 13.0 Å². The van der Waals surface area contributed by atoms with Crippen LogP contribution in [-0.4, -0.2) is 89.6 Å². The van der Waals surface area contributed by atoms with Crippen LogP contribution in [0.1, 0.15) is 213 Å². The zero-order valence-corrected chi connectivity index (χ0v) is 34.5. The zero-order valence-electron chi connectivity index (χ0n) is 34.5. The number of unbranched alkanes of at least 4 members (excludes halogenated alkanes) is 28.